The van der Waals surface area contributed by atoms with Gasteiger partial charge in [-0.05, 0) is 0 Å². The Labute approximate surface area is 91.4 Å². The maximum Gasteiger partial charge on any atom is 0.321 e. The van der Waals surface area contributed by atoms with Gasteiger partial charge in [-0.1, -0.05) is 0 Å². The fourth-order valence-corrected chi connectivity index (χ4v) is 0.703. The summed E-state index contributed by atoms with van der Waals surface area (Å²) >= 11 is 0. The average molecular weight is 231 g/mol. The van der Waals surface area contributed by atoms with Crippen molar-refractivity contribution in [3.05, 3.63) is 0 Å². The third-order valence-corrected chi connectivity index (χ3v) is 1.51. The van der Waals surface area contributed by atoms with Crippen molar-refractivity contribution in [1.29, 1.82) is 0 Å². The number of imide groups is 1. The fourth-order valence-electron chi connectivity index (χ4n) is 0.703. The number of hydrogen-bond donors (Lipinski definition) is 4. The molecule has 8 heteroatoms. The zero-order chi connectivity index (χ0) is 12.6. The summed E-state index contributed by atoms with van der Waals surface area (Å²) in [6.07, 6.45) is -0.642. The van der Waals surface area contributed by atoms with E-state index < -0.39 is 23.8 Å². The van der Waals surface area contributed by atoms with E-state index in [0.29, 0.717) is 0 Å². The molecule has 0 aromatic carbocycles. The standard InChI is InChI=1S/C8H13N3O5/c1-9-6(13)4-10-8(16)11-5(12)2-3-7(14)15/h2-4H2,1H3,(H,9,13)(H,14,15)(H2,10,11,12,16). The number of carboxylic acids is 1. The van der Waals surface area contributed by atoms with Crippen LogP contribution in [0.5, 0.6) is 0 Å². The van der Waals surface area contributed by atoms with Crippen LogP contribution >= 0.6 is 0 Å². The van der Waals surface area contributed by atoms with Crippen LogP contribution in [0.15, 0.2) is 0 Å². The first-order valence-electron chi connectivity index (χ1n) is 4.45. The van der Waals surface area contributed by atoms with E-state index in [4.69, 9.17) is 5.11 Å². The molecule has 0 fully saturated rings. The smallest absolute Gasteiger partial charge is 0.321 e. The molecule has 0 atom stereocenters. The summed E-state index contributed by atoms with van der Waals surface area (Å²) in [5.74, 6) is -2.24. The Hall–Kier alpha value is -2.12. The molecular weight excluding hydrogens is 218 g/mol. The SMILES string of the molecule is CNC(=O)CNC(=O)NC(=O)CCC(=O)O. The van der Waals surface area contributed by atoms with Gasteiger partial charge in [0.15, 0.2) is 0 Å². The Bertz CT molecular complexity index is 302. The Balaban J connectivity index is 3.74. The van der Waals surface area contributed by atoms with Crippen LogP contribution in [0.1, 0.15) is 12.8 Å². The van der Waals surface area contributed by atoms with E-state index in [9.17, 15) is 19.2 Å². The lowest BCUT2D eigenvalue weighted by molar-refractivity contribution is -0.138. The molecule has 0 radical (unpaired) electrons. The number of nitrogens with one attached hydrogen (secondary N) is 3. The predicted octanol–water partition coefficient (Wildman–Crippen LogP) is -1.58. The second-order valence-electron chi connectivity index (χ2n) is 2.80. The Morgan fingerprint density at radius 2 is 1.69 bits per heavy atom. The number of carboxylic acid groups (broad SMARTS) is 1. The van der Waals surface area contributed by atoms with Crippen LogP contribution in [-0.4, -0.2) is 42.5 Å². The molecule has 0 bridgehead atoms. The monoisotopic (exact) mass is 231 g/mol. The minimum Gasteiger partial charge on any atom is -0.481 e. The van der Waals surface area contributed by atoms with Gasteiger partial charge in [0, 0.05) is 13.5 Å². The summed E-state index contributed by atoms with van der Waals surface area (Å²) in [7, 11) is 1.40. The summed E-state index contributed by atoms with van der Waals surface area (Å²) in [4.78, 5) is 42.7. The molecular formula is C8H13N3O5. The zero-order valence-electron chi connectivity index (χ0n) is 8.70. The second kappa shape index (κ2) is 7.21. The Morgan fingerprint density at radius 1 is 1.06 bits per heavy atom. The Kier molecular flexibility index (Phi) is 6.25. The molecule has 0 saturated heterocycles. The lowest BCUT2D eigenvalue weighted by Gasteiger charge is -2.04. The molecule has 4 amide bonds. The van der Waals surface area contributed by atoms with Gasteiger partial charge in [0.2, 0.25) is 11.8 Å². The highest BCUT2D eigenvalue weighted by molar-refractivity contribution is 5.96. The molecule has 0 rings (SSSR count). The first-order chi connectivity index (χ1) is 7.45. The molecule has 0 unspecified atom stereocenters. The molecule has 0 aromatic rings. The number of carbonyl (C=O) groups excluding carboxylic acids is 3. The van der Waals surface area contributed by atoms with Crippen molar-refractivity contribution in [1.82, 2.24) is 16.0 Å². The topological polar surface area (TPSA) is 125 Å². The largest absolute Gasteiger partial charge is 0.481 e. The van der Waals surface area contributed by atoms with Crippen LogP contribution in [0.4, 0.5) is 4.79 Å². The molecule has 0 aliphatic carbocycles. The first kappa shape index (κ1) is 13.9. The summed E-state index contributed by atoms with van der Waals surface area (Å²) < 4.78 is 0. The van der Waals surface area contributed by atoms with E-state index in [1.165, 1.54) is 7.05 Å². The van der Waals surface area contributed by atoms with E-state index in [0.717, 1.165) is 0 Å². The van der Waals surface area contributed by atoms with Crippen molar-refractivity contribution in [2.75, 3.05) is 13.6 Å². The highest BCUT2D eigenvalue weighted by Gasteiger charge is 2.09. The van der Waals surface area contributed by atoms with Gasteiger partial charge in [0.1, 0.15) is 0 Å². The highest BCUT2D eigenvalue weighted by Crippen LogP contribution is 1.87. The lowest BCUT2D eigenvalue weighted by atomic mass is 10.3. The molecule has 0 aromatic heterocycles. The molecule has 0 aliphatic rings. The van der Waals surface area contributed by atoms with Crippen LogP contribution in [-0.2, 0) is 14.4 Å². The van der Waals surface area contributed by atoms with Crippen molar-refractivity contribution in [3.63, 3.8) is 0 Å². The van der Waals surface area contributed by atoms with Crippen molar-refractivity contribution >= 4 is 23.8 Å². The zero-order valence-corrected chi connectivity index (χ0v) is 8.70. The number of urea groups is 1. The molecule has 90 valence electrons. The van der Waals surface area contributed by atoms with E-state index in [1.54, 1.807) is 0 Å². The average Bonchev–Trinajstić information content (AvgIpc) is 2.23. The minimum absolute atomic E-state index is 0.255. The number of carbonyl (C=O) groups is 4. The van der Waals surface area contributed by atoms with E-state index in [1.807, 2.05) is 5.32 Å². The third-order valence-electron chi connectivity index (χ3n) is 1.51. The predicted molar refractivity (Wildman–Crippen MR) is 52.5 cm³/mol. The number of amides is 4. The molecule has 0 aliphatic heterocycles. The van der Waals surface area contributed by atoms with Crippen LogP contribution in [0.25, 0.3) is 0 Å². The third kappa shape index (κ3) is 7.30. The minimum atomic E-state index is -1.12. The molecule has 8 nitrogen and oxygen atoms in total. The van der Waals surface area contributed by atoms with Gasteiger partial charge in [-0.25, -0.2) is 4.79 Å². The summed E-state index contributed by atoms with van der Waals surface area (Å²) in [5.41, 5.74) is 0. The number of aliphatic carboxylic acids is 1. The molecule has 4 N–H and O–H groups in total. The second-order valence-corrected chi connectivity index (χ2v) is 2.80. The lowest BCUT2D eigenvalue weighted by Crippen LogP contribution is -2.43. The summed E-state index contributed by atoms with van der Waals surface area (Å²) in [6.45, 7) is -0.255. The first-order valence-corrected chi connectivity index (χ1v) is 4.45. The maximum atomic E-state index is 10.9. The van der Waals surface area contributed by atoms with Gasteiger partial charge < -0.3 is 15.7 Å². The van der Waals surface area contributed by atoms with Crippen molar-refractivity contribution < 1.29 is 24.3 Å². The van der Waals surface area contributed by atoms with E-state index >= 15 is 0 Å². The number of likely N-dealkylation sites (N-methyl/N-ethyl adjacent to an activating group) is 1. The van der Waals surface area contributed by atoms with Crippen molar-refractivity contribution in [2.45, 2.75) is 12.8 Å². The van der Waals surface area contributed by atoms with E-state index in [2.05, 4.69) is 10.6 Å². The number of rotatable bonds is 5. The van der Waals surface area contributed by atoms with Gasteiger partial charge in [0.05, 0.1) is 13.0 Å². The van der Waals surface area contributed by atoms with Gasteiger partial charge >= 0.3 is 12.0 Å². The van der Waals surface area contributed by atoms with Crippen LogP contribution in [0.2, 0.25) is 0 Å². The van der Waals surface area contributed by atoms with Crippen LogP contribution < -0.4 is 16.0 Å². The van der Waals surface area contributed by atoms with Crippen LogP contribution in [0.3, 0.4) is 0 Å². The summed E-state index contributed by atoms with van der Waals surface area (Å²) in [5, 5.41) is 14.5. The summed E-state index contributed by atoms with van der Waals surface area (Å²) in [6, 6.07) is -0.834. The van der Waals surface area contributed by atoms with Gasteiger partial charge in [-0.15, -0.1) is 0 Å². The normalized spacial score (nSPS) is 9.06. The van der Waals surface area contributed by atoms with E-state index in [-0.39, 0.29) is 19.4 Å². The van der Waals surface area contributed by atoms with Crippen LogP contribution in [0, 0.1) is 0 Å². The van der Waals surface area contributed by atoms with Gasteiger partial charge in [-0.2, -0.15) is 0 Å². The molecule has 16 heavy (non-hydrogen) atoms. The Morgan fingerprint density at radius 3 is 2.19 bits per heavy atom. The van der Waals surface area contributed by atoms with Gasteiger partial charge in [-0.3, -0.25) is 19.7 Å². The van der Waals surface area contributed by atoms with Crippen molar-refractivity contribution in [3.8, 4) is 0 Å². The number of hydrogen-bond acceptors (Lipinski definition) is 4. The quantitative estimate of drug-likeness (QED) is 0.454. The van der Waals surface area contributed by atoms with Crippen molar-refractivity contribution in [2.24, 2.45) is 0 Å². The van der Waals surface area contributed by atoms with Gasteiger partial charge in [0.25, 0.3) is 0 Å². The highest BCUT2D eigenvalue weighted by atomic mass is 16.4. The molecule has 0 saturated carbocycles. The fraction of sp³-hybridized carbons (Fsp3) is 0.500. The maximum absolute atomic E-state index is 10.9. The molecule has 0 heterocycles. The molecule has 0 spiro atoms.